The Morgan fingerprint density at radius 2 is 2.00 bits per heavy atom. The minimum Gasteiger partial charge on any atom is -0.393 e. The smallest absolute Gasteiger partial charge is 0.270 e. The predicted octanol–water partition coefficient (Wildman–Crippen LogP) is 2.16. The Labute approximate surface area is 148 Å². The van der Waals surface area contributed by atoms with E-state index in [2.05, 4.69) is 5.10 Å². The minimum absolute atomic E-state index is 0.0865. The second-order valence-electron chi connectivity index (χ2n) is 6.92. The summed E-state index contributed by atoms with van der Waals surface area (Å²) in [4.78, 5) is 26.9. The first-order chi connectivity index (χ1) is 12.0. The van der Waals surface area contributed by atoms with E-state index >= 15 is 0 Å². The first kappa shape index (κ1) is 17.6. The highest BCUT2D eigenvalue weighted by Crippen LogP contribution is 2.26. The molecule has 2 heterocycles. The Bertz CT molecular complexity index is 714. The summed E-state index contributed by atoms with van der Waals surface area (Å²) in [5.74, 6) is -0.201. The summed E-state index contributed by atoms with van der Waals surface area (Å²) in [6.45, 7) is 5.07. The van der Waals surface area contributed by atoms with Crippen molar-refractivity contribution in [3.8, 4) is 0 Å². The highest BCUT2D eigenvalue weighted by atomic mass is 16.3. The van der Waals surface area contributed by atoms with Crippen molar-refractivity contribution in [3.05, 3.63) is 29.3 Å². The van der Waals surface area contributed by atoms with Crippen molar-refractivity contribution in [2.75, 3.05) is 18.1 Å². The summed E-state index contributed by atoms with van der Waals surface area (Å²) in [6, 6.07) is 5.87. The number of aliphatic hydroxyl groups is 1. The number of aliphatic hydroxyl groups excluding tert-OH is 1. The van der Waals surface area contributed by atoms with E-state index in [1.165, 1.54) is 5.01 Å². The number of carbonyl (C=O) groups is 2. The lowest BCUT2D eigenvalue weighted by Crippen LogP contribution is -2.42. The number of carbonyl (C=O) groups excluding carboxylic acids is 2. The molecule has 2 aliphatic heterocycles. The van der Waals surface area contributed by atoms with E-state index in [1.54, 1.807) is 4.90 Å². The number of rotatable bonds is 2. The lowest BCUT2D eigenvalue weighted by molar-refractivity contribution is -0.124. The molecule has 1 fully saturated rings. The normalized spacial score (nSPS) is 21.8. The average molecular weight is 343 g/mol. The number of benzene rings is 1. The van der Waals surface area contributed by atoms with Crippen LogP contribution in [-0.2, 0) is 9.59 Å². The van der Waals surface area contributed by atoms with Gasteiger partial charge in [0.25, 0.3) is 5.91 Å². The van der Waals surface area contributed by atoms with Crippen LogP contribution in [-0.4, -0.2) is 46.7 Å². The lowest BCUT2D eigenvalue weighted by Gasteiger charge is -2.27. The SMILES string of the molecule is Cc1ccc(C)c(N2N=C(C(=O)N3CCCC(O)CC3)CCC2=O)c1. The lowest BCUT2D eigenvalue weighted by atomic mass is 10.1. The van der Waals surface area contributed by atoms with Crippen molar-refractivity contribution in [2.45, 2.75) is 52.1 Å². The summed E-state index contributed by atoms with van der Waals surface area (Å²) in [5.41, 5.74) is 3.16. The van der Waals surface area contributed by atoms with Crippen LogP contribution in [0, 0.1) is 13.8 Å². The Hall–Kier alpha value is -2.21. The Balaban J connectivity index is 1.85. The van der Waals surface area contributed by atoms with Crippen LogP contribution >= 0.6 is 0 Å². The molecule has 3 rings (SSSR count). The number of likely N-dealkylation sites (tertiary alicyclic amines) is 1. The molecule has 134 valence electrons. The van der Waals surface area contributed by atoms with Crippen LogP contribution in [0.25, 0.3) is 0 Å². The minimum atomic E-state index is -0.334. The van der Waals surface area contributed by atoms with Gasteiger partial charge in [-0.1, -0.05) is 12.1 Å². The van der Waals surface area contributed by atoms with Gasteiger partial charge >= 0.3 is 0 Å². The molecule has 1 aromatic rings. The number of amides is 2. The molecule has 0 radical (unpaired) electrons. The van der Waals surface area contributed by atoms with Gasteiger partial charge in [-0.05, 0) is 50.3 Å². The molecule has 1 N–H and O–H groups in total. The van der Waals surface area contributed by atoms with E-state index in [0.29, 0.717) is 31.6 Å². The zero-order chi connectivity index (χ0) is 18.0. The molecule has 1 atom stereocenters. The van der Waals surface area contributed by atoms with Crippen LogP contribution in [0.1, 0.15) is 43.2 Å². The van der Waals surface area contributed by atoms with Crippen LogP contribution in [0.2, 0.25) is 0 Å². The number of hydrazone groups is 1. The van der Waals surface area contributed by atoms with Gasteiger partial charge in [0.2, 0.25) is 5.91 Å². The van der Waals surface area contributed by atoms with Gasteiger partial charge < -0.3 is 10.0 Å². The number of hydrogen-bond donors (Lipinski definition) is 1. The maximum absolute atomic E-state index is 12.8. The highest BCUT2D eigenvalue weighted by Gasteiger charge is 2.29. The average Bonchev–Trinajstić information content (AvgIpc) is 2.82. The molecule has 1 saturated heterocycles. The van der Waals surface area contributed by atoms with E-state index in [4.69, 9.17) is 0 Å². The van der Waals surface area contributed by atoms with Gasteiger partial charge in [0.15, 0.2) is 0 Å². The van der Waals surface area contributed by atoms with Crippen LogP contribution in [0.4, 0.5) is 5.69 Å². The summed E-state index contributed by atoms with van der Waals surface area (Å²) >= 11 is 0. The predicted molar refractivity (Wildman–Crippen MR) is 96.5 cm³/mol. The molecule has 2 amide bonds. The van der Waals surface area contributed by atoms with E-state index in [1.807, 2.05) is 32.0 Å². The van der Waals surface area contributed by atoms with Crippen molar-refractivity contribution >= 4 is 23.2 Å². The Kier molecular flexibility index (Phi) is 5.18. The van der Waals surface area contributed by atoms with E-state index < -0.39 is 0 Å². The van der Waals surface area contributed by atoms with Crippen molar-refractivity contribution in [2.24, 2.45) is 5.10 Å². The van der Waals surface area contributed by atoms with E-state index in [-0.39, 0.29) is 24.3 Å². The van der Waals surface area contributed by atoms with E-state index in [0.717, 1.165) is 29.7 Å². The molecule has 0 aliphatic carbocycles. The number of anilines is 1. The summed E-state index contributed by atoms with van der Waals surface area (Å²) in [6.07, 6.45) is 2.44. The largest absolute Gasteiger partial charge is 0.393 e. The summed E-state index contributed by atoms with van der Waals surface area (Å²) < 4.78 is 0. The first-order valence-corrected chi connectivity index (χ1v) is 8.90. The van der Waals surface area contributed by atoms with Gasteiger partial charge in [0.05, 0.1) is 11.8 Å². The van der Waals surface area contributed by atoms with Crippen LogP contribution in [0.5, 0.6) is 0 Å². The third kappa shape index (κ3) is 3.90. The molecule has 0 saturated carbocycles. The fraction of sp³-hybridized carbons (Fsp3) is 0.526. The van der Waals surface area contributed by atoms with Crippen LogP contribution in [0.3, 0.4) is 0 Å². The third-order valence-electron chi connectivity index (χ3n) is 4.86. The maximum atomic E-state index is 12.8. The van der Waals surface area contributed by atoms with Gasteiger partial charge in [-0.25, -0.2) is 5.01 Å². The zero-order valence-electron chi connectivity index (χ0n) is 14.9. The highest BCUT2D eigenvalue weighted by molar-refractivity contribution is 6.40. The van der Waals surface area contributed by atoms with Crippen LogP contribution in [0.15, 0.2) is 23.3 Å². The van der Waals surface area contributed by atoms with Gasteiger partial charge in [0.1, 0.15) is 5.71 Å². The molecule has 0 bridgehead atoms. The molecule has 1 unspecified atom stereocenters. The van der Waals surface area contributed by atoms with Gasteiger partial charge in [-0.3, -0.25) is 9.59 Å². The number of nitrogens with zero attached hydrogens (tertiary/aromatic N) is 3. The summed E-state index contributed by atoms with van der Waals surface area (Å²) in [5, 5.41) is 15.5. The summed E-state index contributed by atoms with van der Waals surface area (Å²) in [7, 11) is 0. The van der Waals surface area contributed by atoms with Crippen molar-refractivity contribution in [3.63, 3.8) is 0 Å². The Morgan fingerprint density at radius 3 is 2.80 bits per heavy atom. The van der Waals surface area contributed by atoms with Gasteiger partial charge in [-0.2, -0.15) is 5.10 Å². The monoisotopic (exact) mass is 343 g/mol. The van der Waals surface area contributed by atoms with Crippen LogP contribution < -0.4 is 5.01 Å². The van der Waals surface area contributed by atoms with Crippen molar-refractivity contribution < 1.29 is 14.7 Å². The zero-order valence-corrected chi connectivity index (χ0v) is 14.9. The second-order valence-corrected chi connectivity index (χ2v) is 6.92. The molecule has 2 aliphatic rings. The van der Waals surface area contributed by atoms with Crippen molar-refractivity contribution in [1.29, 1.82) is 0 Å². The first-order valence-electron chi connectivity index (χ1n) is 8.90. The molecular weight excluding hydrogens is 318 g/mol. The molecular formula is C19H25N3O3. The quantitative estimate of drug-likeness (QED) is 0.894. The second kappa shape index (κ2) is 7.35. The Morgan fingerprint density at radius 1 is 1.20 bits per heavy atom. The maximum Gasteiger partial charge on any atom is 0.270 e. The van der Waals surface area contributed by atoms with Gasteiger partial charge in [-0.15, -0.1) is 0 Å². The number of hydrogen-bond acceptors (Lipinski definition) is 4. The van der Waals surface area contributed by atoms with Gasteiger partial charge in [0, 0.05) is 25.9 Å². The third-order valence-corrected chi connectivity index (χ3v) is 4.86. The fourth-order valence-electron chi connectivity index (χ4n) is 3.31. The molecule has 0 spiro atoms. The molecule has 1 aromatic carbocycles. The van der Waals surface area contributed by atoms with E-state index in [9.17, 15) is 14.7 Å². The number of aryl methyl sites for hydroxylation is 2. The van der Waals surface area contributed by atoms with Crippen molar-refractivity contribution in [1.82, 2.24) is 4.90 Å². The molecule has 6 heteroatoms. The standard InChI is InChI=1S/C19H25N3O3/c1-13-5-6-14(2)17(12-13)22-18(24)8-7-16(20-22)19(25)21-10-3-4-15(23)9-11-21/h5-6,12,15,23H,3-4,7-11H2,1-2H3. The fourth-order valence-corrected chi connectivity index (χ4v) is 3.31. The molecule has 0 aromatic heterocycles. The molecule has 25 heavy (non-hydrogen) atoms. The molecule has 6 nitrogen and oxygen atoms in total. The topological polar surface area (TPSA) is 73.2 Å².